The van der Waals surface area contributed by atoms with Gasteiger partial charge in [-0.2, -0.15) is 5.26 Å². The highest BCUT2D eigenvalue weighted by Crippen LogP contribution is 2.50. The van der Waals surface area contributed by atoms with Crippen molar-refractivity contribution in [1.82, 2.24) is 2.72 Å². The molecule has 0 aliphatic heterocycles. The molecule has 70 valence electrons. The van der Waals surface area contributed by atoms with Crippen LogP contribution < -0.4 is 0 Å². The standard InChI is InChI=1S/C6H11Br2N2OP/c1-6(2)12(10(7)8)11-5-3-4-9/h6H,3,5H2,1-2H3. The summed E-state index contributed by atoms with van der Waals surface area (Å²) >= 11 is 6.53. The van der Waals surface area contributed by atoms with Crippen LogP contribution in [0.4, 0.5) is 0 Å². The Labute approximate surface area is 91.6 Å². The number of halogens is 2. The first-order chi connectivity index (χ1) is 5.59. The van der Waals surface area contributed by atoms with Crippen LogP contribution in [0.15, 0.2) is 0 Å². The number of nitrogens with zero attached hydrogens (tertiary/aromatic N) is 2. The SMILES string of the molecule is CC(C)P(OCCC#N)N(Br)Br. The normalized spacial score (nSPS) is 13.4. The summed E-state index contributed by atoms with van der Waals surface area (Å²) in [5, 5.41) is 8.30. The topological polar surface area (TPSA) is 36.3 Å². The van der Waals surface area contributed by atoms with E-state index in [0.29, 0.717) is 18.7 Å². The van der Waals surface area contributed by atoms with Crippen molar-refractivity contribution in [2.24, 2.45) is 0 Å². The molecular formula is C6H11Br2N2OP. The third-order valence-electron chi connectivity index (χ3n) is 1.03. The van der Waals surface area contributed by atoms with Crippen LogP contribution in [-0.2, 0) is 4.52 Å². The molecule has 1 unspecified atom stereocenters. The molecule has 3 nitrogen and oxygen atoms in total. The number of hydrogen-bond donors (Lipinski definition) is 0. The summed E-state index contributed by atoms with van der Waals surface area (Å²) in [6.45, 7) is 4.65. The fourth-order valence-electron chi connectivity index (χ4n) is 0.552. The minimum absolute atomic E-state index is 0.428. The van der Waals surface area contributed by atoms with E-state index in [1.165, 1.54) is 0 Å². The van der Waals surface area contributed by atoms with Crippen LogP contribution in [0.1, 0.15) is 20.3 Å². The smallest absolute Gasteiger partial charge is 0.128 e. The van der Waals surface area contributed by atoms with Crippen molar-refractivity contribution in [2.75, 3.05) is 6.61 Å². The van der Waals surface area contributed by atoms with Gasteiger partial charge in [-0.25, -0.2) is 0 Å². The van der Waals surface area contributed by atoms with E-state index in [4.69, 9.17) is 9.79 Å². The lowest BCUT2D eigenvalue weighted by Gasteiger charge is -2.22. The Balaban J connectivity index is 3.74. The fourth-order valence-corrected chi connectivity index (χ4v) is 4.31. The molecular weight excluding hydrogens is 307 g/mol. The molecule has 0 saturated heterocycles. The van der Waals surface area contributed by atoms with Crippen molar-refractivity contribution < 1.29 is 4.52 Å². The molecule has 0 radical (unpaired) electrons. The van der Waals surface area contributed by atoms with Gasteiger partial charge in [-0.1, -0.05) is 13.8 Å². The van der Waals surface area contributed by atoms with Gasteiger partial charge in [0.1, 0.15) is 8.30 Å². The molecule has 0 spiro atoms. The largest absolute Gasteiger partial charge is 0.341 e. The van der Waals surface area contributed by atoms with Crippen LogP contribution in [0.5, 0.6) is 0 Å². The average molecular weight is 318 g/mol. The van der Waals surface area contributed by atoms with Crippen LogP contribution >= 0.6 is 40.6 Å². The van der Waals surface area contributed by atoms with E-state index >= 15 is 0 Å². The lowest BCUT2D eigenvalue weighted by Crippen LogP contribution is -2.04. The lowest BCUT2D eigenvalue weighted by atomic mass is 10.5. The van der Waals surface area contributed by atoms with Gasteiger partial charge in [0.2, 0.25) is 0 Å². The second-order valence-electron chi connectivity index (χ2n) is 2.35. The number of hydrogen-bond acceptors (Lipinski definition) is 3. The summed E-state index contributed by atoms with van der Waals surface area (Å²) in [5.74, 6) is 0. The second-order valence-corrected chi connectivity index (χ2v) is 8.12. The highest BCUT2D eigenvalue weighted by Gasteiger charge is 2.19. The van der Waals surface area contributed by atoms with Crippen LogP contribution in [0, 0.1) is 11.3 Å². The molecule has 0 heterocycles. The monoisotopic (exact) mass is 316 g/mol. The maximum Gasteiger partial charge on any atom is 0.128 e. The molecule has 1 atom stereocenters. The maximum absolute atomic E-state index is 8.30. The van der Waals surface area contributed by atoms with Gasteiger partial charge in [0.15, 0.2) is 0 Å². The third-order valence-corrected chi connectivity index (χ3v) is 4.53. The van der Waals surface area contributed by atoms with E-state index in [-0.39, 0.29) is 0 Å². The molecule has 0 fully saturated rings. The summed E-state index contributed by atoms with van der Waals surface area (Å²) in [5.41, 5.74) is 0.428. The summed E-state index contributed by atoms with van der Waals surface area (Å²) in [7, 11) is -0.675. The van der Waals surface area contributed by atoms with Crippen molar-refractivity contribution >= 4 is 40.6 Å². The van der Waals surface area contributed by atoms with E-state index < -0.39 is 8.30 Å². The van der Waals surface area contributed by atoms with Crippen LogP contribution in [-0.4, -0.2) is 15.0 Å². The summed E-state index contributed by atoms with van der Waals surface area (Å²) in [4.78, 5) is 0. The van der Waals surface area contributed by atoms with Gasteiger partial charge in [0, 0.05) is 38.0 Å². The Kier molecular flexibility index (Phi) is 7.71. The molecule has 0 bridgehead atoms. The molecule has 12 heavy (non-hydrogen) atoms. The minimum atomic E-state index is -0.675. The second kappa shape index (κ2) is 7.23. The van der Waals surface area contributed by atoms with Crippen LogP contribution in [0.2, 0.25) is 0 Å². The van der Waals surface area contributed by atoms with Gasteiger partial charge in [0.25, 0.3) is 0 Å². The van der Waals surface area contributed by atoms with E-state index in [9.17, 15) is 0 Å². The predicted octanol–water partition coefficient (Wildman–Crippen LogP) is 3.56. The highest BCUT2D eigenvalue weighted by molar-refractivity contribution is 9.22. The van der Waals surface area contributed by atoms with E-state index in [1.54, 1.807) is 2.72 Å². The lowest BCUT2D eigenvalue weighted by molar-refractivity contribution is 0.352. The fraction of sp³-hybridized carbons (Fsp3) is 0.833. The first kappa shape index (κ1) is 12.8. The Morgan fingerprint density at radius 1 is 1.58 bits per heavy atom. The average Bonchev–Trinajstić information content (AvgIpc) is 1.96. The molecule has 0 aromatic heterocycles. The van der Waals surface area contributed by atoms with Gasteiger partial charge in [0.05, 0.1) is 19.1 Å². The van der Waals surface area contributed by atoms with Crippen molar-refractivity contribution in [3.8, 4) is 6.07 Å². The van der Waals surface area contributed by atoms with Crippen molar-refractivity contribution in [3.05, 3.63) is 0 Å². The van der Waals surface area contributed by atoms with Crippen molar-refractivity contribution in [3.63, 3.8) is 0 Å². The minimum Gasteiger partial charge on any atom is -0.341 e. The van der Waals surface area contributed by atoms with Crippen LogP contribution in [0.3, 0.4) is 0 Å². The first-order valence-electron chi connectivity index (χ1n) is 3.50. The zero-order valence-electron chi connectivity index (χ0n) is 7.00. The Hall–Kier alpha value is 0.800. The van der Waals surface area contributed by atoms with E-state index in [2.05, 4.69) is 46.1 Å². The summed E-state index contributed by atoms with van der Waals surface area (Å²) < 4.78 is 7.20. The van der Waals surface area contributed by atoms with Crippen molar-refractivity contribution in [2.45, 2.75) is 25.9 Å². The van der Waals surface area contributed by atoms with Crippen molar-refractivity contribution in [1.29, 1.82) is 5.26 Å². The summed E-state index contributed by atoms with van der Waals surface area (Å²) in [6.07, 6.45) is 0.444. The molecule has 0 N–H and O–H groups in total. The zero-order chi connectivity index (χ0) is 9.56. The molecule has 0 aromatic carbocycles. The quantitative estimate of drug-likeness (QED) is 0.442. The number of nitriles is 1. The van der Waals surface area contributed by atoms with Gasteiger partial charge in [-0.3, -0.25) is 0 Å². The Bertz CT molecular complexity index is 152. The Morgan fingerprint density at radius 3 is 2.50 bits per heavy atom. The molecule has 0 saturated carbocycles. The van der Waals surface area contributed by atoms with Crippen LogP contribution in [0.25, 0.3) is 0 Å². The summed E-state index contributed by atoms with van der Waals surface area (Å²) in [6, 6.07) is 2.04. The van der Waals surface area contributed by atoms with Gasteiger partial charge >= 0.3 is 0 Å². The van der Waals surface area contributed by atoms with E-state index in [1.807, 2.05) is 6.07 Å². The Morgan fingerprint density at radius 2 is 2.17 bits per heavy atom. The molecule has 0 rings (SSSR count). The highest BCUT2D eigenvalue weighted by atomic mass is 79.9. The predicted molar refractivity (Wildman–Crippen MR) is 57.9 cm³/mol. The molecule has 0 amide bonds. The molecule has 0 aliphatic carbocycles. The number of rotatable bonds is 5. The van der Waals surface area contributed by atoms with E-state index in [0.717, 1.165) is 0 Å². The zero-order valence-corrected chi connectivity index (χ0v) is 11.1. The maximum atomic E-state index is 8.30. The molecule has 0 aromatic rings. The molecule has 6 heteroatoms. The van der Waals surface area contributed by atoms with Gasteiger partial charge < -0.3 is 4.52 Å². The first-order valence-corrected chi connectivity index (χ1v) is 6.20. The van der Waals surface area contributed by atoms with Gasteiger partial charge in [-0.05, 0) is 0 Å². The molecule has 0 aliphatic rings. The van der Waals surface area contributed by atoms with Gasteiger partial charge in [-0.15, -0.1) is 2.72 Å². The third kappa shape index (κ3) is 5.45.